The Morgan fingerprint density at radius 3 is 2.82 bits per heavy atom. The molecule has 0 unspecified atom stereocenters. The summed E-state index contributed by atoms with van der Waals surface area (Å²) in [7, 11) is 0. The molecule has 0 saturated heterocycles. The fourth-order valence-electron chi connectivity index (χ4n) is 2.19. The summed E-state index contributed by atoms with van der Waals surface area (Å²) in [5, 5.41) is 9.12. The normalized spacial score (nSPS) is 28.5. The third kappa shape index (κ3) is 2.35. The lowest BCUT2D eigenvalue weighted by Crippen LogP contribution is -2.33. The van der Waals surface area contributed by atoms with Crippen LogP contribution in [-0.4, -0.2) is 26.1 Å². The fraction of sp³-hybridized carbons (Fsp3) is 0.600. The molecule has 2 rings (SSSR count). The molecule has 0 bridgehead atoms. The summed E-state index contributed by atoms with van der Waals surface area (Å²) in [5.74, 6) is -0.926. The molecule has 0 spiro atoms. The first kappa shape index (κ1) is 12.5. The van der Waals surface area contributed by atoms with Crippen LogP contribution in [0.15, 0.2) is 15.8 Å². The Bertz CT molecular complexity index is 527. The molecule has 3 atom stereocenters. The minimum absolute atomic E-state index is 0.0208. The molecule has 1 aromatic heterocycles. The van der Waals surface area contributed by atoms with Crippen molar-refractivity contribution < 1.29 is 9.50 Å². The highest BCUT2D eigenvalue weighted by molar-refractivity contribution is 9.09. The first-order valence-electron chi connectivity index (χ1n) is 5.28. The molecule has 1 fully saturated rings. The van der Waals surface area contributed by atoms with Crippen molar-refractivity contribution >= 4 is 15.9 Å². The van der Waals surface area contributed by atoms with Crippen molar-refractivity contribution in [2.45, 2.75) is 23.7 Å². The third-order valence-corrected chi connectivity index (χ3v) is 4.26. The van der Waals surface area contributed by atoms with Crippen LogP contribution < -0.4 is 11.2 Å². The van der Waals surface area contributed by atoms with Crippen LogP contribution >= 0.6 is 15.9 Å². The molecular weight excluding hydrogens is 295 g/mol. The number of aliphatic hydroxyl groups excluding tert-OH is 1. The molecule has 1 saturated carbocycles. The summed E-state index contributed by atoms with van der Waals surface area (Å²) in [5.41, 5.74) is -1.61. The molecule has 5 nitrogen and oxygen atoms in total. The third-order valence-electron chi connectivity index (χ3n) is 3.14. The summed E-state index contributed by atoms with van der Waals surface area (Å²) in [6, 6.07) is -0.199. The van der Waals surface area contributed by atoms with Gasteiger partial charge in [0, 0.05) is 17.5 Å². The van der Waals surface area contributed by atoms with Gasteiger partial charge in [-0.25, -0.2) is 4.79 Å². The van der Waals surface area contributed by atoms with E-state index in [-0.39, 0.29) is 23.4 Å². The zero-order valence-corrected chi connectivity index (χ0v) is 10.5. The van der Waals surface area contributed by atoms with Gasteiger partial charge in [0.15, 0.2) is 0 Å². The Hall–Kier alpha value is -0.950. The summed E-state index contributed by atoms with van der Waals surface area (Å²) < 4.78 is 14.3. The number of aliphatic hydroxyl groups is 1. The van der Waals surface area contributed by atoms with Gasteiger partial charge in [0.05, 0.1) is 6.20 Å². The van der Waals surface area contributed by atoms with Crippen LogP contribution in [0, 0.1) is 11.7 Å². The second-order valence-corrected chi connectivity index (χ2v) is 5.40. The molecule has 0 aliphatic heterocycles. The number of rotatable bonds is 2. The van der Waals surface area contributed by atoms with E-state index in [0.29, 0.717) is 12.8 Å². The summed E-state index contributed by atoms with van der Waals surface area (Å²) in [4.78, 5) is 24.5. The minimum Gasteiger partial charge on any atom is -0.396 e. The van der Waals surface area contributed by atoms with Crippen molar-refractivity contribution in [1.82, 2.24) is 9.55 Å². The predicted molar refractivity (Wildman–Crippen MR) is 62.8 cm³/mol. The van der Waals surface area contributed by atoms with E-state index < -0.39 is 17.1 Å². The highest BCUT2D eigenvalue weighted by atomic mass is 79.9. The maximum absolute atomic E-state index is 13.1. The Morgan fingerprint density at radius 1 is 1.53 bits per heavy atom. The van der Waals surface area contributed by atoms with E-state index in [1.54, 1.807) is 0 Å². The lowest BCUT2D eigenvalue weighted by atomic mass is 10.1. The Morgan fingerprint density at radius 2 is 2.24 bits per heavy atom. The van der Waals surface area contributed by atoms with Gasteiger partial charge in [0.1, 0.15) is 0 Å². The molecule has 0 radical (unpaired) electrons. The van der Waals surface area contributed by atoms with E-state index in [1.807, 2.05) is 4.98 Å². The minimum atomic E-state index is -1.00. The largest absolute Gasteiger partial charge is 0.396 e. The topological polar surface area (TPSA) is 75.1 Å². The maximum atomic E-state index is 13.1. The van der Waals surface area contributed by atoms with Crippen LogP contribution in [-0.2, 0) is 0 Å². The van der Waals surface area contributed by atoms with E-state index in [1.165, 1.54) is 4.57 Å². The van der Waals surface area contributed by atoms with Gasteiger partial charge in [-0.1, -0.05) is 15.9 Å². The number of H-pyrrole nitrogens is 1. The number of hydrogen-bond acceptors (Lipinski definition) is 3. The molecule has 2 N–H and O–H groups in total. The van der Waals surface area contributed by atoms with Gasteiger partial charge in [0.25, 0.3) is 5.56 Å². The van der Waals surface area contributed by atoms with E-state index in [9.17, 15) is 14.0 Å². The predicted octanol–water partition coefficient (Wildman–Crippen LogP) is 0.383. The van der Waals surface area contributed by atoms with Crippen LogP contribution in [0.2, 0.25) is 0 Å². The first-order chi connectivity index (χ1) is 8.02. The number of aromatic amines is 1. The number of aromatic nitrogens is 2. The summed E-state index contributed by atoms with van der Waals surface area (Å²) >= 11 is 3.42. The quantitative estimate of drug-likeness (QED) is 0.776. The molecule has 17 heavy (non-hydrogen) atoms. The number of hydrogen-bond donors (Lipinski definition) is 2. The van der Waals surface area contributed by atoms with Crippen molar-refractivity contribution in [3.05, 3.63) is 32.9 Å². The average Bonchev–Trinajstić information content (AvgIpc) is 2.65. The van der Waals surface area contributed by atoms with Crippen LogP contribution in [0.25, 0.3) is 0 Å². The monoisotopic (exact) mass is 306 g/mol. The number of nitrogens with zero attached hydrogens (tertiary/aromatic N) is 1. The highest BCUT2D eigenvalue weighted by Gasteiger charge is 2.33. The molecule has 0 amide bonds. The molecule has 94 valence electrons. The van der Waals surface area contributed by atoms with Crippen LogP contribution in [0.4, 0.5) is 4.39 Å². The lowest BCUT2D eigenvalue weighted by Gasteiger charge is -2.12. The first-order valence-corrected chi connectivity index (χ1v) is 6.20. The molecule has 0 aromatic carbocycles. The van der Waals surface area contributed by atoms with Crippen LogP contribution in [0.3, 0.4) is 0 Å². The summed E-state index contributed by atoms with van der Waals surface area (Å²) in [6.07, 6.45) is 2.14. The van der Waals surface area contributed by atoms with E-state index >= 15 is 0 Å². The highest BCUT2D eigenvalue weighted by Crippen LogP contribution is 2.38. The van der Waals surface area contributed by atoms with Gasteiger partial charge in [-0.3, -0.25) is 14.3 Å². The van der Waals surface area contributed by atoms with Gasteiger partial charge in [0.2, 0.25) is 5.82 Å². The van der Waals surface area contributed by atoms with Gasteiger partial charge >= 0.3 is 5.69 Å². The zero-order chi connectivity index (χ0) is 12.6. The standard InChI is InChI=1S/C10H12BrFN2O3/c11-7-2-6(1-5(7)4-15)14-3-8(12)9(16)13-10(14)17/h3,5-7,15H,1-2,4H2,(H,13,16,17)/t5-,6-,7+/m1/s1. The van der Waals surface area contributed by atoms with Gasteiger partial charge in [-0.15, -0.1) is 0 Å². The molecule has 1 heterocycles. The average molecular weight is 307 g/mol. The Labute approximate surface area is 104 Å². The number of halogens is 2. The van der Waals surface area contributed by atoms with Gasteiger partial charge in [-0.2, -0.15) is 4.39 Å². The molecule has 1 aromatic rings. The smallest absolute Gasteiger partial charge is 0.328 e. The van der Waals surface area contributed by atoms with E-state index in [0.717, 1.165) is 6.20 Å². The van der Waals surface area contributed by atoms with E-state index in [2.05, 4.69) is 15.9 Å². The molecule has 1 aliphatic rings. The van der Waals surface area contributed by atoms with Gasteiger partial charge < -0.3 is 5.11 Å². The van der Waals surface area contributed by atoms with Crippen molar-refractivity contribution in [3.8, 4) is 0 Å². The van der Waals surface area contributed by atoms with Crippen molar-refractivity contribution in [3.63, 3.8) is 0 Å². The zero-order valence-electron chi connectivity index (χ0n) is 8.90. The number of nitrogens with one attached hydrogen (secondary N) is 1. The Balaban J connectivity index is 2.34. The Kier molecular flexibility index (Phi) is 3.48. The second kappa shape index (κ2) is 4.73. The fourth-order valence-corrected chi connectivity index (χ4v) is 3.01. The van der Waals surface area contributed by atoms with Crippen LogP contribution in [0.1, 0.15) is 18.9 Å². The van der Waals surface area contributed by atoms with E-state index in [4.69, 9.17) is 5.11 Å². The molecule has 7 heteroatoms. The molecule has 1 aliphatic carbocycles. The van der Waals surface area contributed by atoms with Crippen molar-refractivity contribution in [2.24, 2.45) is 5.92 Å². The summed E-state index contributed by atoms with van der Waals surface area (Å²) in [6.45, 7) is 0.0208. The lowest BCUT2D eigenvalue weighted by molar-refractivity contribution is 0.229. The maximum Gasteiger partial charge on any atom is 0.328 e. The second-order valence-electron chi connectivity index (χ2n) is 4.23. The van der Waals surface area contributed by atoms with Crippen molar-refractivity contribution in [1.29, 1.82) is 0 Å². The number of alkyl halides is 1. The van der Waals surface area contributed by atoms with Gasteiger partial charge in [-0.05, 0) is 18.8 Å². The van der Waals surface area contributed by atoms with Crippen LogP contribution in [0.5, 0.6) is 0 Å². The van der Waals surface area contributed by atoms with Crippen molar-refractivity contribution in [2.75, 3.05) is 6.61 Å². The SMILES string of the molecule is O=c1[nH]c(=O)n([C@@H]2C[C@H](CO)[C@@H](Br)C2)cc1F. The molecular formula is C10H12BrFN2O3.